The summed E-state index contributed by atoms with van der Waals surface area (Å²) in [5.41, 5.74) is 3.03. The van der Waals surface area contributed by atoms with Crippen LogP contribution in [0.4, 0.5) is 0 Å². The summed E-state index contributed by atoms with van der Waals surface area (Å²) >= 11 is 6.09. The average molecular weight is 438 g/mol. The minimum Gasteiger partial charge on any atom is -0.492 e. The molecule has 5 rings (SSSR count). The summed E-state index contributed by atoms with van der Waals surface area (Å²) in [6.45, 7) is 2.60. The number of amides is 2. The molecule has 0 aliphatic carbocycles. The van der Waals surface area contributed by atoms with Crippen molar-refractivity contribution in [3.63, 3.8) is 0 Å². The molecule has 1 fully saturated rings. The Morgan fingerprint density at radius 3 is 2.68 bits per heavy atom. The van der Waals surface area contributed by atoms with E-state index < -0.39 is 0 Å². The number of para-hydroxylation sites is 1. The van der Waals surface area contributed by atoms with Crippen LogP contribution in [0.2, 0.25) is 5.02 Å². The SMILES string of the molecule is O=C(Cc1c[nH]c2ccccc12)N1CCN(C(=O)C2COc3ccc(Cl)cc3C2)CC1. The van der Waals surface area contributed by atoms with Crippen molar-refractivity contribution in [1.82, 2.24) is 14.8 Å². The minimum absolute atomic E-state index is 0.0920. The minimum atomic E-state index is -0.209. The molecule has 2 aromatic carbocycles. The van der Waals surface area contributed by atoms with Gasteiger partial charge in [-0.25, -0.2) is 0 Å². The Balaban J connectivity index is 1.17. The maximum Gasteiger partial charge on any atom is 0.229 e. The van der Waals surface area contributed by atoms with Crippen LogP contribution >= 0.6 is 11.6 Å². The normalized spacial score (nSPS) is 18.5. The molecule has 7 heteroatoms. The molecule has 0 bridgehead atoms. The van der Waals surface area contributed by atoms with Crippen LogP contribution in [-0.2, 0) is 22.4 Å². The molecule has 1 atom stereocenters. The maximum atomic E-state index is 13.0. The Bertz CT molecular complexity index is 1130. The molecule has 6 nitrogen and oxygen atoms in total. The van der Waals surface area contributed by atoms with Gasteiger partial charge in [0.25, 0.3) is 0 Å². The number of H-pyrrole nitrogens is 1. The lowest BCUT2D eigenvalue weighted by atomic mass is 9.95. The predicted octanol–water partition coefficient (Wildman–Crippen LogP) is 3.29. The molecule has 0 radical (unpaired) electrons. The van der Waals surface area contributed by atoms with Gasteiger partial charge >= 0.3 is 0 Å². The van der Waals surface area contributed by atoms with Crippen LogP contribution in [0.3, 0.4) is 0 Å². The first-order chi connectivity index (χ1) is 15.1. The molecule has 1 saturated heterocycles. The Labute approximate surface area is 185 Å². The monoisotopic (exact) mass is 437 g/mol. The average Bonchev–Trinajstić information content (AvgIpc) is 3.21. The molecule has 3 heterocycles. The number of piperazine rings is 1. The number of carbonyl (C=O) groups is 2. The second-order valence-electron chi connectivity index (χ2n) is 8.21. The van der Waals surface area contributed by atoms with Crippen molar-refractivity contribution in [2.75, 3.05) is 32.8 Å². The fourth-order valence-electron chi connectivity index (χ4n) is 4.51. The summed E-state index contributed by atoms with van der Waals surface area (Å²) in [6.07, 6.45) is 2.91. The van der Waals surface area contributed by atoms with Crippen molar-refractivity contribution in [3.05, 3.63) is 64.8 Å². The molecular formula is C24H24ClN3O3. The maximum absolute atomic E-state index is 13.0. The lowest BCUT2D eigenvalue weighted by molar-refractivity contribution is -0.142. The lowest BCUT2D eigenvalue weighted by Crippen LogP contribution is -2.53. The van der Waals surface area contributed by atoms with Gasteiger partial charge in [0.2, 0.25) is 11.8 Å². The summed E-state index contributed by atoms with van der Waals surface area (Å²) in [7, 11) is 0. The number of ether oxygens (including phenoxy) is 1. The number of halogens is 1. The first-order valence-electron chi connectivity index (χ1n) is 10.6. The number of nitrogens with one attached hydrogen (secondary N) is 1. The van der Waals surface area contributed by atoms with Crippen molar-refractivity contribution in [2.24, 2.45) is 5.92 Å². The van der Waals surface area contributed by atoms with E-state index in [-0.39, 0.29) is 17.7 Å². The second-order valence-corrected chi connectivity index (χ2v) is 8.64. The molecule has 1 N–H and O–H groups in total. The number of hydrogen-bond acceptors (Lipinski definition) is 3. The van der Waals surface area contributed by atoms with Crippen LogP contribution in [0, 0.1) is 5.92 Å². The van der Waals surface area contributed by atoms with Gasteiger partial charge in [0.1, 0.15) is 12.4 Å². The van der Waals surface area contributed by atoms with Crippen molar-refractivity contribution in [1.29, 1.82) is 0 Å². The van der Waals surface area contributed by atoms with Gasteiger partial charge < -0.3 is 19.5 Å². The Morgan fingerprint density at radius 2 is 1.84 bits per heavy atom. The topological polar surface area (TPSA) is 65.6 Å². The van der Waals surface area contributed by atoms with E-state index >= 15 is 0 Å². The van der Waals surface area contributed by atoms with Gasteiger partial charge in [-0.3, -0.25) is 9.59 Å². The van der Waals surface area contributed by atoms with Gasteiger partial charge in [0, 0.05) is 48.3 Å². The number of hydrogen-bond donors (Lipinski definition) is 1. The summed E-state index contributed by atoms with van der Waals surface area (Å²) in [5.74, 6) is 0.788. The molecule has 2 aliphatic heterocycles. The largest absolute Gasteiger partial charge is 0.492 e. The Kier molecular flexibility index (Phi) is 5.32. The smallest absolute Gasteiger partial charge is 0.229 e. The first-order valence-corrected chi connectivity index (χ1v) is 11.0. The molecule has 160 valence electrons. The highest BCUT2D eigenvalue weighted by Gasteiger charge is 2.32. The molecule has 2 aliphatic rings. The highest BCUT2D eigenvalue weighted by molar-refractivity contribution is 6.30. The zero-order valence-corrected chi connectivity index (χ0v) is 17.9. The molecule has 1 aromatic heterocycles. The van der Waals surface area contributed by atoms with E-state index in [4.69, 9.17) is 16.3 Å². The van der Waals surface area contributed by atoms with E-state index in [1.165, 1.54) is 0 Å². The summed E-state index contributed by atoms with van der Waals surface area (Å²) < 4.78 is 5.78. The third kappa shape index (κ3) is 4.00. The van der Waals surface area contributed by atoms with Crippen LogP contribution in [-0.4, -0.2) is 59.4 Å². The molecule has 31 heavy (non-hydrogen) atoms. The fourth-order valence-corrected chi connectivity index (χ4v) is 4.70. The molecule has 2 amide bonds. The fraction of sp³-hybridized carbons (Fsp3) is 0.333. The van der Waals surface area contributed by atoms with Crippen molar-refractivity contribution in [3.8, 4) is 5.75 Å². The quantitative estimate of drug-likeness (QED) is 0.683. The van der Waals surface area contributed by atoms with E-state index in [1.54, 1.807) is 6.07 Å². The molecular weight excluding hydrogens is 414 g/mol. The molecule has 3 aromatic rings. The Morgan fingerprint density at radius 1 is 1.06 bits per heavy atom. The molecule has 0 saturated carbocycles. The van der Waals surface area contributed by atoms with Crippen LogP contribution in [0.1, 0.15) is 11.1 Å². The number of carbonyl (C=O) groups excluding carboxylic acids is 2. The summed E-state index contributed by atoms with van der Waals surface area (Å²) in [6, 6.07) is 13.5. The highest BCUT2D eigenvalue weighted by Crippen LogP contribution is 2.30. The molecule has 0 spiro atoms. The number of nitrogens with zero attached hydrogens (tertiary/aromatic N) is 2. The standard InChI is InChI=1S/C24H24ClN3O3/c25-19-5-6-22-16(12-19)11-18(15-31-22)24(30)28-9-7-27(8-10-28)23(29)13-17-14-26-21-4-2-1-3-20(17)21/h1-6,12,14,18,26H,7-11,13,15H2. The zero-order chi connectivity index (χ0) is 21.4. The van der Waals surface area contributed by atoms with Crippen molar-refractivity contribution < 1.29 is 14.3 Å². The predicted molar refractivity (Wildman–Crippen MR) is 119 cm³/mol. The van der Waals surface area contributed by atoms with E-state index in [0.29, 0.717) is 50.7 Å². The number of aromatic nitrogens is 1. The number of aromatic amines is 1. The van der Waals surface area contributed by atoms with E-state index in [0.717, 1.165) is 27.8 Å². The van der Waals surface area contributed by atoms with E-state index in [2.05, 4.69) is 4.98 Å². The third-order valence-electron chi connectivity index (χ3n) is 6.24. The summed E-state index contributed by atoms with van der Waals surface area (Å²) in [5, 5.41) is 1.74. The van der Waals surface area contributed by atoms with Gasteiger partial charge in [-0.1, -0.05) is 29.8 Å². The van der Waals surface area contributed by atoms with Crippen LogP contribution in [0.5, 0.6) is 5.75 Å². The van der Waals surface area contributed by atoms with Gasteiger partial charge in [-0.2, -0.15) is 0 Å². The van der Waals surface area contributed by atoms with Gasteiger partial charge in [0.15, 0.2) is 0 Å². The van der Waals surface area contributed by atoms with Crippen molar-refractivity contribution >= 4 is 34.3 Å². The number of rotatable bonds is 3. The van der Waals surface area contributed by atoms with Crippen LogP contribution in [0.25, 0.3) is 10.9 Å². The van der Waals surface area contributed by atoms with Crippen LogP contribution < -0.4 is 4.74 Å². The van der Waals surface area contributed by atoms with E-state index in [1.807, 2.05) is 52.4 Å². The Hall–Kier alpha value is -2.99. The molecule has 1 unspecified atom stereocenters. The van der Waals surface area contributed by atoms with E-state index in [9.17, 15) is 9.59 Å². The van der Waals surface area contributed by atoms with Gasteiger partial charge in [-0.05, 0) is 41.8 Å². The number of fused-ring (bicyclic) bond motifs is 2. The van der Waals surface area contributed by atoms with Gasteiger partial charge in [0.05, 0.1) is 12.3 Å². The lowest BCUT2D eigenvalue weighted by Gasteiger charge is -2.37. The number of benzene rings is 2. The summed E-state index contributed by atoms with van der Waals surface area (Å²) in [4.78, 5) is 32.8. The zero-order valence-electron chi connectivity index (χ0n) is 17.1. The third-order valence-corrected chi connectivity index (χ3v) is 6.47. The second kappa shape index (κ2) is 8.27. The van der Waals surface area contributed by atoms with Gasteiger partial charge in [-0.15, -0.1) is 0 Å². The first kappa shape index (κ1) is 19.9. The van der Waals surface area contributed by atoms with Crippen LogP contribution in [0.15, 0.2) is 48.7 Å². The van der Waals surface area contributed by atoms with Crippen molar-refractivity contribution in [2.45, 2.75) is 12.8 Å². The highest BCUT2D eigenvalue weighted by atomic mass is 35.5.